The number of hydrogen-bond acceptors (Lipinski definition) is 3. The maximum atomic E-state index is 12.8. The zero-order chi connectivity index (χ0) is 12.5. The zero-order valence-corrected chi connectivity index (χ0v) is 9.39. The molecule has 3 rings (SSSR count). The van der Waals surface area contributed by atoms with Crippen molar-refractivity contribution in [1.82, 2.24) is 19.5 Å². The third-order valence-corrected chi connectivity index (χ3v) is 2.72. The molecule has 0 radical (unpaired) electrons. The van der Waals surface area contributed by atoms with E-state index in [9.17, 15) is 4.39 Å². The van der Waals surface area contributed by atoms with Crippen LogP contribution in [0.3, 0.4) is 0 Å². The summed E-state index contributed by atoms with van der Waals surface area (Å²) in [6.07, 6.45) is 3.10. The molecule has 5 nitrogen and oxygen atoms in total. The first kappa shape index (κ1) is 10.6. The van der Waals surface area contributed by atoms with Gasteiger partial charge in [-0.15, -0.1) is 0 Å². The van der Waals surface area contributed by atoms with E-state index in [-0.39, 0.29) is 11.3 Å². The standard InChI is InChI=1S/C12H10FN5/c13-9-3-1-8(2-4-9)5-18-7-17-11(14)10-12(18)16-6-15-10/h1-4,6-7,14H,5H2,(H,15,16). The van der Waals surface area contributed by atoms with Gasteiger partial charge in [0.25, 0.3) is 0 Å². The van der Waals surface area contributed by atoms with Gasteiger partial charge in [-0.2, -0.15) is 0 Å². The lowest BCUT2D eigenvalue weighted by atomic mass is 10.2. The van der Waals surface area contributed by atoms with Gasteiger partial charge < -0.3 is 9.55 Å². The number of imidazole rings is 1. The van der Waals surface area contributed by atoms with Crippen LogP contribution in [0.4, 0.5) is 4.39 Å². The molecule has 1 aromatic carbocycles. The molecule has 0 aliphatic carbocycles. The number of aromatic nitrogens is 4. The van der Waals surface area contributed by atoms with Crippen LogP contribution in [0.5, 0.6) is 0 Å². The Morgan fingerprint density at radius 1 is 1.22 bits per heavy atom. The maximum absolute atomic E-state index is 12.8. The van der Waals surface area contributed by atoms with Crippen molar-refractivity contribution in [3.05, 3.63) is 53.8 Å². The minimum absolute atomic E-state index is 0.165. The number of halogens is 1. The number of nitrogens with one attached hydrogen (secondary N) is 2. The molecule has 0 aliphatic heterocycles. The normalized spacial score (nSPS) is 10.9. The minimum atomic E-state index is -0.256. The van der Waals surface area contributed by atoms with E-state index in [1.54, 1.807) is 18.5 Å². The van der Waals surface area contributed by atoms with Gasteiger partial charge in [-0.05, 0) is 17.7 Å². The van der Waals surface area contributed by atoms with Crippen molar-refractivity contribution in [2.24, 2.45) is 0 Å². The molecule has 18 heavy (non-hydrogen) atoms. The molecule has 0 atom stereocenters. The largest absolute Gasteiger partial charge is 0.340 e. The van der Waals surface area contributed by atoms with E-state index in [1.165, 1.54) is 18.5 Å². The van der Waals surface area contributed by atoms with Gasteiger partial charge in [0.15, 0.2) is 11.1 Å². The topological polar surface area (TPSA) is 70.3 Å². The van der Waals surface area contributed by atoms with E-state index in [0.717, 1.165) is 5.56 Å². The minimum Gasteiger partial charge on any atom is -0.340 e. The van der Waals surface area contributed by atoms with Crippen LogP contribution >= 0.6 is 0 Å². The molecule has 0 unspecified atom stereocenters. The summed E-state index contributed by atoms with van der Waals surface area (Å²) in [4.78, 5) is 11.0. The van der Waals surface area contributed by atoms with Crippen LogP contribution < -0.4 is 5.49 Å². The Bertz CT molecular complexity index is 741. The van der Waals surface area contributed by atoms with Crippen LogP contribution in [-0.4, -0.2) is 19.5 Å². The molecule has 3 aromatic rings. The summed E-state index contributed by atoms with van der Waals surface area (Å²) in [7, 11) is 0. The lowest BCUT2D eigenvalue weighted by Gasteiger charge is -2.06. The number of rotatable bonds is 2. The Kier molecular flexibility index (Phi) is 2.40. The van der Waals surface area contributed by atoms with E-state index in [1.807, 2.05) is 4.57 Å². The molecular formula is C12H10FN5. The fourth-order valence-electron chi connectivity index (χ4n) is 1.83. The lowest BCUT2D eigenvalue weighted by molar-refractivity contribution is 0.626. The van der Waals surface area contributed by atoms with E-state index in [4.69, 9.17) is 5.41 Å². The SMILES string of the molecule is N=c1ncn(Cc2ccc(F)cc2)c2nc[nH]c12. The maximum Gasteiger partial charge on any atom is 0.173 e. The third-order valence-electron chi connectivity index (χ3n) is 2.72. The Morgan fingerprint density at radius 2 is 2.00 bits per heavy atom. The molecule has 0 bridgehead atoms. The smallest absolute Gasteiger partial charge is 0.173 e. The Labute approximate surface area is 101 Å². The second-order valence-electron chi connectivity index (χ2n) is 3.95. The van der Waals surface area contributed by atoms with Crippen LogP contribution in [0.2, 0.25) is 0 Å². The van der Waals surface area contributed by atoms with Crippen molar-refractivity contribution in [2.45, 2.75) is 6.54 Å². The first-order valence-electron chi connectivity index (χ1n) is 5.41. The van der Waals surface area contributed by atoms with Gasteiger partial charge in [-0.3, -0.25) is 5.41 Å². The molecule has 0 amide bonds. The highest BCUT2D eigenvalue weighted by Crippen LogP contribution is 2.08. The molecule has 0 fully saturated rings. The van der Waals surface area contributed by atoms with E-state index < -0.39 is 0 Å². The number of benzene rings is 1. The Balaban J connectivity index is 2.05. The highest BCUT2D eigenvalue weighted by molar-refractivity contribution is 5.68. The summed E-state index contributed by atoms with van der Waals surface area (Å²) in [6.45, 7) is 0.537. The third kappa shape index (κ3) is 1.77. The summed E-state index contributed by atoms with van der Waals surface area (Å²) in [5.74, 6) is -0.256. The van der Waals surface area contributed by atoms with Gasteiger partial charge in [0, 0.05) is 0 Å². The predicted octanol–water partition coefficient (Wildman–Crippen LogP) is 1.43. The zero-order valence-electron chi connectivity index (χ0n) is 9.39. The van der Waals surface area contributed by atoms with Crippen molar-refractivity contribution >= 4 is 11.2 Å². The summed E-state index contributed by atoms with van der Waals surface area (Å²) in [5.41, 5.74) is 2.38. The molecule has 2 aromatic heterocycles. The fourth-order valence-corrected chi connectivity index (χ4v) is 1.83. The second-order valence-corrected chi connectivity index (χ2v) is 3.95. The molecule has 90 valence electrons. The number of hydrogen-bond donors (Lipinski definition) is 2. The van der Waals surface area contributed by atoms with Gasteiger partial charge in [0.2, 0.25) is 0 Å². The lowest BCUT2D eigenvalue weighted by Crippen LogP contribution is -2.13. The second kappa shape index (κ2) is 4.06. The van der Waals surface area contributed by atoms with Crippen molar-refractivity contribution < 1.29 is 4.39 Å². The van der Waals surface area contributed by atoms with Gasteiger partial charge in [0.1, 0.15) is 11.3 Å². The van der Waals surface area contributed by atoms with Crippen LogP contribution in [0.1, 0.15) is 5.56 Å². The number of aromatic amines is 1. The fraction of sp³-hybridized carbons (Fsp3) is 0.0833. The summed E-state index contributed by atoms with van der Waals surface area (Å²) < 4.78 is 14.6. The number of fused-ring (bicyclic) bond motifs is 1. The van der Waals surface area contributed by atoms with Crippen molar-refractivity contribution in [1.29, 1.82) is 5.41 Å². The highest BCUT2D eigenvalue weighted by atomic mass is 19.1. The van der Waals surface area contributed by atoms with Gasteiger partial charge >= 0.3 is 0 Å². The van der Waals surface area contributed by atoms with Crippen LogP contribution in [0.25, 0.3) is 11.2 Å². The summed E-state index contributed by atoms with van der Waals surface area (Å²) in [5, 5.41) is 7.64. The van der Waals surface area contributed by atoms with Gasteiger partial charge in [0.05, 0.1) is 19.2 Å². The first-order valence-corrected chi connectivity index (χ1v) is 5.41. The quantitative estimate of drug-likeness (QED) is 0.714. The summed E-state index contributed by atoms with van der Waals surface area (Å²) >= 11 is 0. The van der Waals surface area contributed by atoms with E-state index in [2.05, 4.69) is 15.0 Å². The van der Waals surface area contributed by atoms with Gasteiger partial charge in [-0.25, -0.2) is 14.4 Å². The molecular weight excluding hydrogens is 233 g/mol. The summed E-state index contributed by atoms with van der Waals surface area (Å²) in [6, 6.07) is 6.28. The molecule has 0 aliphatic rings. The molecule has 0 saturated heterocycles. The predicted molar refractivity (Wildman–Crippen MR) is 63.2 cm³/mol. The highest BCUT2D eigenvalue weighted by Gasteiger charge is 2.04. The van der Waals surface area contributed by atoms with Crippen LogP contribution in [0, 0.1) is 11.2 Å². The van der Waals surface area contributed by atoms with Crippen molar-refractivity contribution in [3.63, 3.8) is 0 Å². The van der Waals surface area contributed by atoms with Crippen molar-refractivity contribution in [2.75, 3.05) is 0 Å². The number of nitrogens with zero attached hydrogens (tertiary/aromatic N) is 3. The average molecular weight is 243 g/mol. The molecule has 2 N–H and O–H groups in total. The Morgan fingerprint density at radius 3 is 2.78 bits per heavy atom. The van der Waals surface area contributed by atoms with Gasteiger partial charge in [-0.1, -0.05) is 12.1 Å². The van der Waals surface area contributed by atoms with E-state index in [0.29, 0.717) is 17.7 Å². The molecule has 2 heterocycles. The van der Waals surface area contributed by atoms with Crippen LogP contribution in [0.15, 0.2) is 36.9 Å². The molecule has 0 spiro atoms. The monoisotopic (exact) mass is 243 g/mol. The molecule has 0 saturated carbocycles. The Hall–Kier alpha value is -2.50. The first-order chi connectivity index (χ1) is 8.74. The van der Waals surface area contributed by atoms with Crippen molar-refractivity contribution in [3.8, 4) is 0 Å². The average Bonchev–Trinajstić information content (AvgIpc) is 2.86. The van der Waals surface area contributed by atoms with E-state index >= 15 is 0 Å². The number of H-pyrrole nitrogens is 1. The van der Waals surface area contributed by atoms with Crippen LogP contribution in [-0.2, 0) is 6.54 Å². The molecule has 6 heteroatoms.